The van der Waals surface area contributed by atoms with Crippen LogP contribution >= 0.6 is 0 Å². The number of carbonyl (C=O) groups excluding carboxylic acids is 2. The highest BCUT2D eigenvalue weighted by molar-refractivity contribution is 5.78. The summed E-state index contributed by atoms with van der Waals surface area (Å²) in [6.45, 7) is 1.51. The van der Waals surface area contributed by atoms with Gasteiger partial charge in [-0.25, -0.2) is 0 Å². The van der Waals surface area contributed by atoms with Crippen LogP contribution in [0, 0.1) is 0 Å². The zero-order valence-corrected chi connectivity index (χ0v) is 8.70. The van der Waals surface area contributed by atoms with Crippen molar-refractivity contribution in [1.29, 1.82) is 0 Å². The number of amides is 2. The highest BCUT2D eigenvalue weighted by Crippen LogP contribution is 2.07. The smallest absolute Gasteiger partial charge is 0.245 e. The molecule has 0 spiro atoms. The van der Waals surface area contributed by atoms with E-state index in [4.69, 9.17) is 5.73 Å². The number of primary amides is 1. The van der Waals surface area contributed by atoms with Gasteiger partial charge in [-0.15, -0.1) is 0 Å². The van der Waals surface area contributed by atoms with Crippen molar-refractivity contribution in [3.8, 4) is 0 Å². The Morgan fingerprint density at radius 3 is 2.53 bits per heavy atom. The van der Waals surface area contributed by atoms with E-state index in [1.807, 2.05) is 0 Å². The Hall–Kier alpha value is -1.14. The Morgan fingerprint density at radius 1 is 1.27 bits per heavy atom. The van der Waals surface area contributed by atoms with Crippen LogP contribution in [0.4, 0.5) is 0 Å². The molecule has 0 aromatic rings. The van der Waals surface area contributed by atoms with Crippen molar-refractivity contribution in [2.45, 2.75) is 19.3 Å². The number of likely N-dealkylation sites (tertiary alicyclic amines) is 1. The number of nitrogens with zero attached hydrogens (tertiary/aromatic N) is 1. The summed E-state index contributed by atoms with van der Waals surface area (Å²) in [6, 6.07) is 0. The SMILES string of the molecule is NC(=O)CONCC(=O)N1CCCCC1. The molecule has 3 N–H and O–H groups in total. The third-order valence-electron chi connectivity index (χ3n) is 2.25. The molecule has 86 valence electrons. The maximum Gasteiger partial charge on any atom is 0.245 e. The van der Waals surface area contributed by atoms with Crippen LogP contribution in [0.15, 0.2) is 0 Å². The van der Waals surface area contributed by atoms with Crippen LogP contribution < -0.4 is 11.2 Å². The van der Waals surface area contributed by atoms with E-state index in [1.54, 1.807) is 4.90 Å². The molecule has 2 amide bonds. The van der Waals surface area contributed by atoms with E-state index in [0.717, 1.165) is 25.9 Å². The number of hydroxylamine groups is 1. The maximum atomic E-state index is 11.5. The normalized spacial score (nSPS) is 16.4. The molecular weight excluding hydrogens is 198 g/mol. The molecular formula is C9H17N3O3. The summed E-state index contributed by atoms with van der Waals surface area (Å²) in [7, 11) is 0. The molecule has 1 fully saturated rings. The lowest BCUT2D eigenvalue weighted by Crippen LogP contribution is -2.41. The second-order valence-corrected chi connectivity index (χ2v) is 3.52. The van der Waals surface area contributed by atoms with Gasteiger partial charge in [-0.1, -0.05) is 0 Å². The Bertz CT molecular complexity index is 227. The largest absolute Gasteiger partial charge is 0.368 e. The fourth-order valence-corrected chi connectivity index (χ4v) is 1.49. The first kappa shape index (κ1) is 11.9. The fraction of sp³-hybridized carbons (Fsp3) is 0.778. The van der Waals surface area contributed by atoms with E-state index in [2.05, 4.69) is 10.3 Å². The van der Waals surface area contributed by atoms with Crippen molar-refractivity contribution in [2.75, 3.05) is 26.2 Å². The number of rotatable bonds is 5. The molecule has 0 bridgehead atoms. The van der Waals surface area contributed by atoms with Crippen molar-refractivity contribution < 1.29 is 14.4 Å². The topological polar surface area (TPSA) is 84.7 Å². The van der Waals surface area contributed by atoms with Crippen molar-refractivity contribution in [2.24, 2.45) is 5.73 Å². The molecule has 1 aliphatic rings. The van der Waals surface area contributed by atoms with Gasteiger partial charge < -0.3 is 10.6 Å². The van der Waals surface area contributed by atoms with Crippen LogP contribution in [0.25, 0.3) is 0 Å². The molecule has 1 heterocycles. The third-order valence-corrected chi connectivity index (χ3v) is 2.25. The van der Waals surface area contributed by atoms with Gasteiger partial charge in [0.05, 0.1) is 0 Å². The van der Waals surface area contributed by atoms with Crippen molar-refractivity contribution in [3.63, 3.8) is 0 Å². The Labute approximate surface area is 88.7 Å². The summed E-state index contributed by atoms with van der Waals surface area (Å²) in [5, 5.41) is 0. The van der Waals surface area contributed by atoms with Gasteiger partial charge in [0.25, 0.3) is 0 Å². The van der Waals surface area contributed by atoms with E-state index in [1.165, 1.54) is 6.42 Å². The zero-order valence-electron chi connectivity index (χ0n) is 8.70. The quantitative estimate of drug-likeness (QED) is 0.455. The molecule has 0 aromatic carbocycles. The molecule has 0 atom stereocenters. The van der Waals surface area contributed by atoms with Crippen LogP contribution in [-0.2, 0) is 14.4 Å². The van der Waals surface area contributed by atoms with Gasteiger partial charge in [0, 0.05) is 13.1 Å². The standard InChI is InChI=1S/C9H17N3O3/c10-8(13)7-15-11-6-9(14)12-4-2-1-3-5-12/h11H,1-7H2,(H2,10,13). The van der Waals surface area contributed by atoms with E-state index in [9.17, 15) is 9.59 Å². The Balaban J connectivity index is 2.09. The lowest BCUT2D eigenvalue weighted by atomic mass is 10.1. The molecule has 1 saturated heterocycles. The average molecular weight is 215 g/mol. The first-order chi connectivity index (χ1) is 7.20. The summed E-state index contributed by atoms with van der Waals surface area (Å²) in [5.41, 5.74) is 7.27. The van der Waals surface area contributed by atoms with E-state index in [0.29, 0.717) is 0 Å². The number of nitrogens with two attached hydrogens (primary N) is 1. The summed E-state index contributed by atoms with van der Waals surface area (Å²) in [4.78, 5) is 28.3. The minimum absolute atomic E-state index is 0.000768. The summed E-state index contributed by atoms with van der Waals surface area (Å²) in [5.74, 6) is -0.563. The van der Waals surface area contributed by atoms with Gasteiger partial charge in [0.1, 0.15) is 13.2 Å². The molecule has 15 heavy (non-hydrogen) atoms. The molecule has 0 aromatic heterocycles. The number of piperidine rings is 1. The lowest BCUT2D eigenvalue weighted by molar-refractivity contribution is -0.136. The highest BCUT2D eigenvalue weighted by Gasteiger charge is 2.15. The fourth-order valence-electron chi connectivity index (χ4n) is 1.49. The van der Waals surface area contributed by atoms with E-state index >= 15 is 0 Å². The van der Waals surface area contributed by atoms with E-state index in [-0.39, 0.29) is 19.1 Å². The number of carbonyl (C=O) groups is 2. The van der Waals surface area contributed by atoms with Crippen LogP contribution in [0.2, 0.25) is 0 Å². The first-order valence-corrected chi connectivity index (χ1v) is 5.11. The summed E-state index contributed by atoms with van der Waals surface area (Å²) in [6.07, 6.45) is 3.32. The monoisotopic (exact) mass is 215 g/mol. The molecule has 1 aliphatic heterocycles. The molecule has 0 aliphatic carbocycles. The van der Waals surface area contributed by atoms with E-state index < -0.39 is 5.91 Å². The van der Waals surface area contributed by atoms with Gasteiger partial charge in [-0.05, 0) is 19.3 Å². The maximum absolute atomic E-state index is 11.5. The summed E-state index contributed by atoms with van der Waals surface area (Å²) >= 11 is 0. The number of hydrogen-bond donors (Lipinski definition) is 2. The number of nitrogens with one attached hydrogen (secondary N) is 1. The second kappa shape index (κ2) is 6.36. The second-order valence-electron chi connectivity index (χ2n) is 3.52. The molecule has 6 heteroatoms. The molecule has 1 rings (SSSR count). The van der Waals surface area contributed by atoms with Crippen molar-refractivity contribution in [1.82, 2.24) is 10.4 Å². The van der Waals surface area contributed by atoms with Gasteiger partial charge in [-0.2, -0.15) is 5.48 Å². The van der Waals surface area contributed by atoms with Gasteiger partial charge in [0.15, 0.2) is 0 Å². The minimum atomic E-state index is -0.562. The van der Waals surface area contributed by atoms with Crippen LogP contribution in [-0.4, -0.2) is 43.0 Å². The molecule has 6 nitrogen and oxygen atoms in total. The molecule has 0 unspecified atom stereocenters. The predicted molar refractivity (Wildman–Crippen MR) is 53.6 cm³/mol. The van der Waals surface area contributed by atoms with Gasteiger partial charge in [0.2, 0.25) is 11.8 Å². The van der Waals surface area contributed by atoms with Crippen LogP contribution in [0.3, 0.4) is 0 Å². The zero-order chi connectivity index (χ0) is 11.1. The van der Waals surface area contributed by atoms with Crippen LogP contribution in [0.1, 0.15) is 19.3 Å². The van der Waals surface area contributed by atoms with Gasteiger partial charge in [-0.3, -0.25) is 14.4 Å². The summed E-state index contributed by atoms with van der Waals surface area (Å²) < 4.78 is 0. The van der Waals surface area contributed by atoms with Crippen LogP contribution in [0.5, 0.6) is 0 Å². The molecule has 0 saturated carbocycles. The van der Waals surface area contributed by atoms with Crippen molar-refractivity contribution in [3.05, 3.63) is 0 Å². The van der Waals surface area contributed by atoms with Crippen molar-refractivity contribution >= 4 is 11.8 Å². The molecule has 0 radical (unpaired) electrons. The Kier molecular flexibility index (Phi) is 5.06. The first-order valence-electron chi connectivity index (χ1n) is 5.11. The highest BCUT2D eigenvalue weighted by atomic mass is 16.6. The Morgan fingerprint density at radius 2 is 1.93 bits per heavy atom. The van der Waals surface area contributed by atoms with Gasteiger partial charge >= 0.3 is 0 Å². The average Bonchev–Trinajstić information content (AvgIpc) is 2.25. The minimum Gasteiger partial charge on any atom is -0.368 e. The number of hydrogen-bond acceptors (Lipinski definition) is 4. The third kappa shape index (κ3) is 4.75. The lowest BCUT2D eigenvalue weighted by Gasteiger charge is -2.26. The predicted octanol–water partition coefficient (Wildman–Crippen LogP) is -0.995.